The summed E-state index contributed by atoms with van der Waals surface area (Å²) in [7, 11) is 0. The molecule has 0 heterocycles. The Bertz CT molecular complexity index is 885. The van der Waals surface area contributed by atoms with Crippen LogP contribution in [0.15, 0.2) is 91.5 Å². The zero-order chi connectivity index (χ0) is 18.2. The van der Waals surface area contributed by atoms with E-state index in [0.717, 1.165) is 24.0 Å². The van der Waals surface area contributed by atoms with Gasteiger partial charge in [-0.1, -0.05) is 97.6 Å². The number of hydrogen-bond acceptors (Lipinski definition) is 1. The fourth-order valence-electron chi connectivity index (χ4n) is 2.78. The lowest BCUT2D eigenvalue weighted by atomic mass is 10.0. The number of hydrogen-bond donors (Lipinski definition) is 0. The quantitative estimate of drug-likeness (QED) is 0.381. The first-order chi connectivity index (χ1) is 12.7. The van der Waals surface area contributed by atoms with Gasteiger partial charge in [0.25, 0.3) is 0 Å². The Morgan fingerprint density at radius 3 is 1.81 bits per heavy atom. The van der Waals surface area contributed by atoms with Crippen molar-refractivity contribution >= 4 is 17.9 Å². The van der Waals surface area contributed by atoms with Crippen LogP contribution in [-0.2, 0) is 12.8 Å². The molecule has 0 spiro atoms. The zero-order valence-electron chi connectivity index (χ0n) is 14.8. The molecule has 3 rings (SSSR count). The highest BCUT2D eigenvalue weighted by Crippen LogP contribution is 2.12. The lowest BCUT2D eigenvalue weighted by Crippen LogP contribution is -1.93. The summed E-state index contributed by atoms with van der Waals surface area (Å²) in [6.45, 7) is 3.78. The van der Waals surface area contributed by atoms with Gasteiger partial charge in [-0.3, -0.25) is 4.79 Å². The number of carbonyl (C=O) groups excluding carboxylic acids is 1. The zero-order valence-corrected chi connectivity index (χ0v) is 14.8. The fraction of sp³-hybridized carbons (Fsp3) is 0.0800. The second-order valence-corrected chi connectivity index (χ2v) is 6.25. The van der Waals surface area contributed by atoms with Crippen LogP contribution in [0.3, 0.4) is 0 Å². The molecule has 0 fully saturated rings. The Kier molecular flexibility index (Phi) is 5.95. The highest BCUT2D eigenvalue weighted by Gasteiger charge is 2.00. The predicted molar refractivity (Wildman–Crippen MR) is 110 cm³/mol. The van der Waals surface area contributed by atoms with E-state index < -0.39 is 0 Å². The molecule has 26 heavy (non-hydrogen) atoms. The van der Waals surface area contributed by atoms with Crippen LogP contribution in [0.5, 0.6) is 0 Å². The summed E-state index contributed by atoms with van der Waals surface area (Å²) in [5, 5.41) is 0. The van der Waals surface area contributed by atoms with Gasteiger partial charge in [0.1, 0.15) is 0 Å². The average molecular weight is 338 g/mol. The van der Waals surface area contributed by atoms with E-state index in [1.165, 1.54) is 11.1 Å². The minimum absolute atomic E-state index is 0.0256. The van der Waals surface area contributed by atoms with Gasteiger partial charge in [0, 0.05) is 5.56 Å². The molecule has 1 heteroatoms. The highest BCUT2D eigenvalue weighted by atomic mass is 16.1. The van der Waals surface area contributed by atoms with Crippen LogP contribution in [-0.4, -0.2) is 5.78 Å². The molecule has 0 amide bonds. The molecule has 0 bridgehead atoms. The molecule has 0 N–H and O–H groups in total. The van der Waals surface area contributed by atoms with Gasteiger partial charge in [0.05, 0.1) is 0 Å². The molecule has 1 nitrogen and oxygen atoms in total. The second-order valence-electron chi connectivity index (χ2n) is 6.25. The summed E-state index contributed by atoms with van der Waals surface area (Å²) in [5.74, 6) is 0.0256. The highest BCUT2D eigenvalue weighted by molar-refractivity contribution is 6.06. The molecule has 0 atom stereocenters. The maximum absolute atomic E-state index is 12.1. The van der Waals surface area contributed by atoms with E-state index >= 15 is 0 Å². The van der Waals surface area contributed by atoms with Crippen LogP contribution in [0.2, 0.25) is 0 Å². The van der Waals surface area contributed by atoms with Gasteiger partial charge in [-0.2, -0.15) is 0 Å². The van der Waals surface area contributed by atoms with Crippen LogP contribution in [0.4, 0.5) is 0 Å². The number of rotatable bonds is 7. The van der Waals surface area contributed by atoms with Gasteiger partial charge < -0.3 is 0 Å². The van der Waals surface area contributed by atoms with Gasteiger partial charge in [0.15, 0.2) is 5.78 Å². The van der Waals surface area contributed by atoms with E-state index in [9.17, 15) is 4.79 Å². The van der Waals surface area contributed by atoms with Crippen LogP contribution < -0.4 is 0 Å². The molecule has 3 aromatic carbocycles. The van der Waals surface area contributed by atoms with Crippen LogP contribution in [0, 0.1) is 0 Å². The molecule has 0 unspecified atom stereocenters. The normalized spacial score (nSPS) is 10.8. The molecular formula is C25H22O. The molecule has 3 aromatic rings. The number of carbonyl (C=O) groups is 1. The maximum atomic E-state index is 12.1. The Balaban J connectivity index is 1.56. The van der Waals surface area contributed by atoms with Crippen molar-refractivity contribution in [3.63, 3.8) is 0 Å². The van der Waals surface area contributed by atoms with Crippen molar-refractivity contribution in [3.8, 4) is 0 Å². The van der Waals surface area contributed by atoms with Crippen LogP contribution in [0.25, 0.3) is 12.2 Å². The van der Waals surface area contributed by atoms with Gasteiger partial charge in [0.2, 0.25) is 0 Å². The van der Waals surface area contributed by atoms with E-state index in [4.69, 9.17) is 0 Å². The Labute approximate surface area is 155 Å². The lowest BCUT2D eigenvalue weighted by molar-refractivity contribution is 0.104. The standard InChI is InChI=1S/C25H22O/c1-2-20-8-10-21(11-9-20)12-13-22-14-16-23(17-15-22)18-19-25(26)24-6-4-3-5-7-24/h2-11,14-19H,1,12-13H2. The monoisotopic (exact) mass is 338 g/mol. The van der Waals surface area contributed by atoms with Gasteiger partial charge in [-0.05, 0) is 41.2 Å². The van der Waals surface area contributed by atoms with Crippen molar-refractivity contribution < 1.29 is 4.79 Å². The SMILES string of the molecule is C=Cc1ccc(CCc2ccc(C=CC(=O)c3ccccc3)cc2)cc1. The van der Waals surface area contributed by atoms with Crippen LogP contribution >= 0.6 is 0 Å². The van der Waals surface area contributed by atoms with Crippen molar-refractivity contribution in [1.82, 2.24) is 0 Å². The fourth-order valence-corrected chi connectivity index (χ4v) is 2.78. The van der Waals surface area contributed by atoms with Gasteiger partial charge >= 0.3 is 0 Å². The van der Waals surface area contributed by atoms with Crippen molar-refractivity contribution in [3.05, 3.63) is 119 Å². The minimum atomic E-state index is 0.0256. The molecule has 0 radical (unpaired) electrons. The molecule has 0 aliphatic carbocycles. The van der Waals surface area contributed by atoms with Crippen molar-refractivity contribution in [1.29, 1.82) is 0 Å². The third kappa shape index (κ3) is 4.90. The Morgan fingerprint density at radius 2 is 1.27 bits per heavy atom. The Morgan fingerprint density at radius 1 is 0.731 bits per heavy atom. The summed E-state index contributed by atoms with van der Waals surface area (Å²) in [6.07, 6.45) is 7.37. The smallest absolute Gasteiger partial charge is 0.185 e. The van der Waals surface area contributed by atoms with Crippen molar-refractivity contribution in [2.45, 2.75) is 12.8 Å². The van der Waals surface area contributed by atoms with E-state index in [-0.39, 0.29) is 5.78 Å². The van der Waals surface area contributed by atoms with Gasteiger partial charge in [-0.25, -0.2) is 0 Å². The van der Waals surface area contributed by atoms with E-state index in [1.54, 1.807) is 6.08 Å². The first-order valence-corrected chi connectivity index (χ1v) is 8.82. The maximum Gasteiger partial charge on any atom is 0.185 e. The summed E-state index contributed by atoms with van der Waals surface area (Å²) < 4.78 is 0. The number of benzene rings is 3. The molecule has 0 saturated carbocycles. The Hall–Kier alpha value is -3.19. The summed E-state index contributed by atoms with van der Waals surface area (Å²) >= 11 is 0. The number of aryl methyl sites for hydroxylation is 2. The van der Waals surface area contributed by atoms with Gasteiger partial charge in [-0.15, -0.1) is 0 Å². The minimum Gasteiger partial charge on any atom is -0.289 e. The molecule has 0 saturated heterocycles. The number of allylic oxidation sites excluding steroid dienone is 1. The second kappa shape index (κ2) is 8.77. The molecule has 0 aliphatic heterocycles. The van der Waals surface area contributed by atoms with Crippen molar-refractivity contribution in [2.24, 2.45) is 0 Å². The summed E-state index contributed by atoms with van der Waals surface area (Å²) in [6, 6.07) is 26.2. The third-order valence-electron chi connectivity index (χ3n) is 4.38. The topological polar surface area (TPSA) is 17.1 Å². The first-order valence-electron chi connectivity index (χ1n) is 8.82. The molecular weight excluding hydrogens is 316 g/mol. The van der Waals surface area contributed by atoms with E-state index in [2.05, 4.69) is 55.1 Å². The summed E-state index contributed by atoms with van der Waals surface area (Å²) in [5.41, 5.74) is 5.52. The lowest BCUT2D eigenvalue weighted by Gasteiger charge is -2.04. The van der Waals surface area contributed by atoms with E-state index in [0.29, 0.717) is 5.56 Å². The van der Waals surface area contributed by atoms with Crippen LogP contribution in [0.1, 0.15) is 32.6 Å². The average Bonchev–Trinajstić information content (AvgIpc) is 2.72. The molecule has 0 aromatic heterocycles. The first kappa shape index (κ1) is 17.6. The molecule has 0 aliphatic rings. The number of ketones is 1. The van der Waals surface area contributed by atoms with Crippen molar-refractivity contribution in [2.75, 3.05) is 0 Å². The molecule has 128 valence electrons. The largest absolute Gasteiger partial charge is 0.289 e. The summed E-state index contributed by atoms with van der Waals surface area (Å²) in [4.78, 5) is 12.1. The third-order valence-corrected chi connectivity index (χ3v) is 4.38. The predicted octanol–water partition coefficient (Wildman–Crippen LogP) is 6.01. The van der Waals surface area contributed by atoms with E-state index in [1.807, 2.05) is 42.5 Å².